The Labute approximate surface area is 199 Å². The average Bonchev–Trinajstić information content (AvgIpc) is 2.83. The molecule has 1 saturated heterocycles. The first-order chi connectivity index (χ1) is 16.0. The Balaban J connectivity index is 1.62. The number of benzene rings is 2. The highest BCUT2D eigenvalue weighted by Gasteiger charge is 2.25. The summed E-state index contributed by atoms with van der Waals surface area (Å²) in [5.41, 5.74) is 1.46. The third-order valence-electron chi connectivity index (χ3n) is 5.40. The first-order valence-corrected chi connectivity index (χ1v) is 11.5. The monoisotopic (exact) mass is 471 g/mol. The Kier molecular flexibility index (Phi) is 9.01. The molecule has 0 unspecified atom stereocenters. The van der Waals surface area contributed by atoms with Gasteiger partial charge in [0.25, 0.3) is 0 Å². The number of ether oxygens (including phenoxy) is 2. The summed E-state index contributed by atoms with van der Waals surface area (Å²) in [7, 11) is 1.55. The minimum absolute atomic E-state index is 0.0594. The fraction of sp³-hybridized carbons (Fsp3) is 0.360. The van der Waals surface area contributed by atoms with Gasteiger partial charge in [-0.25, -0.2) is 4.79 Å². The van der Waals surface area contributed by atoms with E-state index in [1.54, 1.807) is 25.3 Å². The van der Waals surface area contributed by atoms with Gasteiger partial charge in [-0.1, -0.05) is 29.8 Å². The number of anilines is 1. The maximum atomic E-state index is 12.9. The van der Waals surface area contributed by atoms with Crippen LogP contribution < -0.4 is 20.1 Å². The van der Waals surface area contributed by atoms with Crippen molar-refractivity contribution in [1.29, 1.82) is 0 Å². The van der Waals surface area contributed by atoms with Crippen molar-refractivity contribution in [3.05, 3.63) is 59.1 Å². The second-order valence-corrected chi connectivity index (χ2v) is 8.09. The highest BCUT2D eigenvalue weighted by molar-refractivity contribution is 6.32. The van der Waals surface area contributed by atoms with Crippen LogP contribution in [-0.4, -0.2) is 49.7 Å². The minimum atomic E-state index is -0.286. The van der Waals surface area contributed by atoms with E-state index in [0.29, 0.717) is 36.2 Å². The molecule has 8 heteroatoms. The molecule has 1 atom stereocenters. The Bertz CT molecular complexity index is 981. The first kappa shape index (κ1) is 24.5. The zero-order valence-corrected chi connectivity index (χ0v) is 19.7. The zero-order chi connectivity index (χ0) is 23.6. The molecule has 0 spiro atoms. The second kappa shape index (κ2) is 12.2. The maximum absolute atomic E-state index is 12.9. The normalized spacial score (nSPS) is 15.8. The first-order valence-electron chi connectivity index (χ1n) is 11.1. The summed E-state index contributed by atoms with van der Waals surface area (Å²) in [6.07, 6.45) is 6.05. The van der Waals surface area contributed by atoms with Gasteiger partial charge >= 0.3 is 6.03 Å². The van der Waals surface area contributed by atoms with E-state index >= 15 is 0 Å². The summed E-state index contributed by atoms with van der Waals surface area (Å²) in [6, 6.07) is 12.4. The van der Waals surface area contributed by atoms with Crippen molar-refractivity contribution in [2.75, 3.05) is 32.1 Å². The number of likely N-dealkylation sites (tertiary alicyclic amines) is 1. The van der Waals surface area contributed by atoms with Crippen LogP contribution in [0.3, 0.4) is 0 Å². The number of amides is 3. The number of nitrogens with one attached hydrogen (secondary N) is 2. The fourth-order valence-corrected chi connectivity index (χ4v) is 4.07. The van der Waals surface area contributed by atoms with Gasteiger partial charge in [0.15, 0.2) is 11.5 Å². The Hall–Kier alpha value is -3.19. The van der Waals surface area contributed by atoms with Crippen LogP contribution in [0.2, 0.25) is 5.02 Å². The highest BCUT2D eigenvalue weighted by Crippen LogP contribution is 2.36. The van der Waals surface area contributed by atoms with E-state index in [0.717, 1.165) is 30.5 Å². The van der Waals surface area contributed by atoms with Crippen molar-refractivity contribution in [3.8, 4) is 11.5 Å². The van der Waals surface area contributed by atoms with Gasteiger partial charge in [0.05, 0.1) is 18.7 Å². The van der Waals surface area contributed by atoms with Crippen LogP contribution in [-0.2, 0) is 4.79 Å². The summed E-state index contributed by atoms with van der Waals surface area (Å²) in [4.78, 5) is 27.0. The number of methoxy groups -OCH3 is 1. The molecule has 0 radical (unpaired) electrons. The molecule has 176 valence electrons. The summed E-state index contributed by atoms with van der Waals surface area (Å²) in [6.45, 7) is 3.39. The molecule has 33 heavy (non-hydrogen) atoms. The molecule has 1 heterocycles. The maximum Gasteiger partial charge on any atom is 0.319 e. The fourth-order valence-electron chi connectivity index (χ4n) is 3.79. The van der Waals surface area contributed by atoms with Crippen molar-refractivity contribution in [1.82, 2.24) is 10.2 Å². The largest absolute Gasteiger partial charge is 0.493 e. The Morgan fingerprint density at radius 1 is 1.21 bits per heavy atom. The van der Waals surface area contributed by atoms with E-state index in [1.165, 1.54) is 6.08 Å². The predicted molar refractivity (Wildman–Crippen MR) is 131 cm³/mol. The molecule has 0 aromatic heterocycles. The zero-order valence-electron chi connectivity index (χ0n) is 19.0. The Morgan fingerprint density at radius 2 is 2.00 bits per heavy atom. The van der Waals surface area contributed by atoms with E-state index in [9.17, 15) is 9.59 Å². The number of rotatable bonds is 8. The third kappa shape index (κ3) is 6.89. The lowest BCUT2D eigenvalue weighted by molar-refractivity contribution is -0.129. The van der Waals surface area contributed by atoms with Gasteiger partial charge in [-0.05, 0) is 62.1 Å². The molecule has 0 saturated carbocycles. The van der Waals surface area contributed by atoms with Gasteiger partial charge in [0, 0.05) is 30.9 Å². The molecular weight excluding hydrogens is 442 g/mol. The lowest BCUT2D eigenvalue weighted by Gasteiger charge is -2.35. The van der Waals surface area contributed by atoms with Crippen molar-refractivity contribution in [3.63, 3.8) is 0 Å². The lowest BCUT2D eigenvalue weighted by atomic mass is 10.0. The number of carbonyl (C=O) groups is 2. The number of carbonyl (C=O) groups excluding carboxylic acids is 2. The molecule has 0 bridgehead atoms. The predicted octanol–water partition coefficient (Wildman–Crippen LogP) is 4.96. The third-order valence-corrected chi connectivity index (χ3v) is 5.68. The smallest absolute Gasteiger partial charge is 0.319 e. The van der Waals surface area contributed by atoms with Gasteiger partial charge in [0.2, 0.25) is 5.91 Å². The summed E-state index contributed by atoms with van der Waals surface area (Å²) >= 11 is 6.33. The topological polar surface area (TPSA) is 79.9 Å². The molecule has 3 rings (SSSR count). The van der Waals surface area contributed by atoms with Gasteiger partial charge < -0.3 is 25.0 Å². The number of hydrogen-bond donors (Lipinski definition) is 2. The molecule has 7 nitrogen and oxygen atoms in total. The average molecular weight is 472 g/mol. The molecule has 2 N–H and O–H groups in total. The van der Waals surface area contributed by atoms with Gasteiger partial charge in [-0.15, -0.1) is 0 Å². The summed E-state index contributed by atoms with van der Waals surface area (Å²) < 4.78 is 10.9. The number of nitrogens with zero attached hydrogens (tertiary/aromatic N) is 1. The van der Waals surface area contributed by atoms with Crippen LogP contribution >= 0.6 is 11.6 Å². The Morgan fingerprint density at radius 3 is 2.73 bits per heavy atom. The van der Waals surface area contributed by atoms with Gasteiger partial charge in [-0.2, -0.15) is 0 Å². The minimum Gasteiger partial charge on any atom is -0.493 e. The van der Waals surface area contributed by atoms with Crippen LogP contribution in [0.1, 0.15) is 31.7 Å². The SMILES string of the molecule is CCOc1c(Cl)cc(/C=C\C(=O)N2CCCC[C@@H]2CNC(=O)Nc2ccccc2)cc1OC. The molecule has 3 amide bonds. The summed E-state index contributed by atoms with van der Waals surface area (Å²) in [5.74, 6) is 0.899. The van der Waals surface area contributed by atoms with E-state index in [-0.39, 0.29) is 18.0 Å². The van der Waals surface area contributed by atoms with Crippen LogP contribution in [0.15, 0.2) is 48.5 Å². The lowest BCUT2D eigenvalue weighted by Crippen LogP contribution is -2.49. The number of urea groups is 1. The van der Waals surface area contributed by atoms with Crippen LogP contribution in [0.5, 0.6) is 11.5 Å². The van der Waals surface area contributed by atoms with E-state index < -0.39 is 0 Å². The van der Waals surface area contributed by atoms with Crippen molar-refractivity contribution in [2.24, 2.45) is 0 Å². The van der Waals surface area contributed by atoms with Crippen molar-refractivity contribution >= 4 is 35.3 Å². The van der Waals surface area contributed by atoms with Crippen LogP contribution in [0, 0.1) is 0 Å². The number of halogens is 1. The van der Waals surface area contributed by atoms with E-state index in [1.807, 2.05) is 42.2 Å². The van der Waals surface area contributed by atoms with Crippen molar-refractivity contribution < 1.29 is 19.1 Å². The molecule has 1 aliphatic heterocycles. The molecule has 2 aromatic rings. The molecular formula is C25H30ClN3O4. The van der Waals surface area contributed by atoms with Crippen LogP contribution in [0.25, 0.3) is 6.08 Å². The quantitative estimate of drug-likeness (QED) is 0.533. The number of para-hydroxylation sites is 1. The summed E-state index contributed by atoms with van der Waals surface area (Å²) in [5, 5.41) is 6.11. The van der Waals surface area contributed by atoms with E-state index in [2.05, 4.69) is 10.6 Å². The number of hydrogen-bond acceptors (Lipinski definition) is 4. The highest BCUT2D eigenvalue weighted by atomic mass is 35.5. The molecule has 2 aromatic carbocycles. The molecule has 1 fully saturated rings. The standard InChI is InChI=1S/C25H30ClN3O4/c1-3-33-24-21(26)15-18(16-22(24)32-2)12-13-23(30)29-14-8-7-11-20(29)17-27-25(31)28-19-9-5-4-6-10-19/h4-6,9-10,12-13,15-16,20H,3,7-8,11,14,17H2,1-2H3,(H2,27,28,31)/b13-12-/t20-/m1/s1. The van der Waals surface area contributed by atoms with Gasteiger partial charge in [-0.3, -0.25) is 4.79 Å². The molecule has 0 aliphatic carbocycles. The van der Waals surface area contributed by atoms with Crippen molar-refractivity contribution in [2.45, 2.75) is 32.2 Å². The van der Waals surface area contributed by atoms with Crippen LogP contribution in [0.4, 0.5) is 10.5 Å². The van der Waals surface area contributed by atoms with E-state index in [4.69, 9.17) is 21.1 Å². The second-order valence-electron chi connectivity index (χ2n) is 7.68. The number of piperidine rings is 1. The molecule has 1 aliphatic rings. The van der Waals surface area contributed by atoms with Gasteiger partial charge in [0.1, 0.15) is 0 Å².